The first-order chi connectivity index (χ1) is 13.4. The molecule has 2 amide bonds. The number of benzene rings is 2. The maximum Gasteiger partial charge on any atom is 0.298 e. The van der Waals surface area contributed by atoms with Crippen molar-refractivity contribution in [3.05, 3.63) is 55.5 Å². The van der Waals surface area contributed by atoms with Crippen LogP contribution in [0.1, 0.15) is 5.56 Å². The Hall–Kier alpha value is -2.15. The normalized spacial score (nSPS) is 15.1. The summed E-state index contributed by atoms with van der Waals surface area (Å²) in [6.07, 6.45) is 6.89. The van der Waals surface area contributed by atoms with Gasteiger partial charge in [-0.15, -0.1) is 6.42 Å². The zero-order chi connectivity index (χ0) is 20.3. The lowest BCUT2D eigenvalue weighted by Gasteiger charge is -2.13. The van der Waals surface area contributed by atoms with Crippen molar-refractivity contribution >= 4 is 68.9 Å². The Bertz CT molecular complexity index is 1010. The monoisotopic (exact) mass is 525 g/mol. The molecule has 0 radical (unpaired) electrons. The molecule has 2 aromatic rings. The molecule has 142 valence electrons. The van der Waals surface area contributed by atoms with Gasteiger partial charge in [-0.1, -0.05) is 17.5 Å². The quantitative estimate of drug-likeness (QED) is 0.305. The molecule has 0 aliphatic carbocycles. The lowest BCUT2D eigenvalue weighted by molar-refractivity contribution is -0.113. The fourth-order valence-electron chi connectivity index (χ4n) is 2.51. The van der Waals surface area contributed by atoms with Crippen LogP contribution in [0.15, 0.2) is 41.3 Å². The van der Waals surface area contributed by atoms with Gasteiger partial charge in [-0.3, -0.25) is 9.59 Å². The minimum absolute atomic E-state index is 0.117. The van der Waals surface area contributed by atoms with Gasteiger partial charge in [0.05, 0.1) is 21.3 Å². The minimum atomic E-state index is -0.390. The minimum Gasteiger partial charge on any atom is -0.493 e. The van der Waals surface area contributed by atoms with E-state index >= 15 is 0 Å². The highest BCUT2D eigenvalue weighted by Gasteiger charge is 2.36. The molecule has 28 heavy (non-hydrogen) atoms. The number of rotatable bonds is 5. The number of anilines is 1. The molecule has 0 atom stereocenters. The molecule has 1 heterocycles. The third-order valence-corrected chi connectivity index (χ3v) is 5.65. The fraction of sp³-hybridized carbons (Fsp3) is 0.100. The molecule has 0 bridgehead atoms. The first-order valence-electron chi connectivity index (χ1n) is 7.92. The summed E-state index contributed by atoms with van der Waals surface area (Å²) in [6, 6.07) is 10.1. The Balaban J connectivity index is 1.92. The molecule has 0 aromatic heterocycles. The number of terminal acetylenes is 1. The Labute approximate surface area is 185 Å². The van der Waals surface area contributed by atoms with Gasteiger partial charge in [-0.05, 0) is 82.4 Å². The molecule has 0 saturated carbocycles. The van der Waals surface area contributed by atoms with E-state index in [4.69, 9.17) is 27.5 Å². The molecule has 0 N–H and O–H groups in total. The molecule has 1 fully saturated rings. The summed E-state index contributed by atoms with van der Waals surface area (Å²) in [4.78, 5) is 26.6. The number of nitrogens with zero attached hydrogens (tertiary/aromatic N) is 1. The van der Waals surface area contributed by atoms with E-state index < -0.39 is 0 Å². The Morgan fingerprint density at radius 1 is 1.29 bits per heavy atom. The second-order valence-corrected chi connectivity index (χ2v) is 8.11. The largest absolute Gasteiger partial charge is 0.493 e. The van der Waals surface area contributed by atoms with E-state index in [0.29, 0.717) is 32.7 Å². The van der Waals surface area contributed by atoms with Crippen molar-refractivity contribution in [2.75, 3.05) is 18.6 Å². The van der Waals surface area contributed by atoms with Crippen LogP contribution in [0.3, 0.4) is 0 Å². The average molecular weight is 526 g/mol. The van der Waals surface area contributed by atoms with Gasteiger partial charge in [0.25, 0.3) is 11.1 Å². The van der Waals surface area contributed by atoms with Crippen LogP contribution >= 0.6 is 46.0 Å². The number of methoxy groups -OCH3 is 1. The van der Waals surface area contributed by atoms with Crippen molar-refractivity contribution < 1.29 is 19.1 Å². The van der Waals surface area contributed by atoms with E-state index in [1.165, 1.54) is 7.11 Å². The molecule has 0 spiro atoms. The number of thioether (sulfide) groups is 1. The van der Waals surface area contributed by atoms with Crippen LogP contribution in [-0.2, 0) is 4.79 Å². The predicted octanol–water partition coefficient (Wildman–Crippen LogP) is 5.21. The SMILES string of the molecule is C#CCOc1c(I)cc(/C=C2/SC(=O)N(c3ccc(Cl)cc3)C2=O)cc1OC. The second kappa shape index (κ2) is 8.90. The highest BCUT2D eigenvalue weighted by atomic mass is 127. The maximum atomic E-state index is 12.8. The van der Waals surface area contributed by atoms with Crippen molar-refractivity contribution in [3.8, 4) is 23.8 Å². The van der Waals surface area contributed by atoms with Crippen LogP contribution in [0.2, 0.25) is 5.02 Å². The van der Waals surface area contributed by atoms with E-state index in [0.717, 1.165) is 20.2 Å². The average Bonchev–Trinajstić information content (AvgIpc) is 2.94. The van der Waals surface area contributed by atoms with Crippen molar-refractivity contribution in [3.63, 3.8) is 0 Å². The molecule has 2 aromatic carbocycles. The standard InChI is InChI=1S/C20H13ClINO4S/c1-3-8-27-18-15(22)9-12(10-16(18)26-2)11-17-19(24)23(20(25)28-17)14-6-4-13(21)5-7-14/h1,4-7,9-11H,8H2,2H3/b17-11+. The third-order valence-electron chi connectivity index (χ3n) is 3.73. The van der Waals surface area contributed by atoms with E-state index in [1.54, 1.807) is 36.4 Å². The molecular weight excluding hydrogens is 513 g/mol. The molecule has 3 rings (SSSR count). The Morgan fingerprint density at radius 2 is 2.00 bits per heavy atom. The first kappa shape index (κ1) is 20.6. The number of imide groups is 1. The Kier molecular flexibility index (Phi) is 6.54. The number of carbonyl (C=O) groups is 2. The van der Waals surface area contributed by atoms with Gasteiger partial charge in [0.1, 0.15) is 6.61 Å². The molecule has 1 saturated heterocycles. The summed E-state index contributed by atoms with van der Waals surface area (Å²) in [6.45, 7) is 0.117. The van der Waals surface area contributed by atoms with Gasteiger partial charge < -0.3 is 9.47 Å². The third kappa shape index (κ3) is 4.29. The number of ether oxygens (including phenoxy) is 2. The van der Waals surface area contributed by atoms with Crippen LogP contribution in [0.5, 0.6) is 11.5 Å². The van der Waals surface area contributed by atoms with Crippen molar-refractivity contribution in [1.82, 2.24) is 0 Å². The van der Waals surface area contributed by atoms with E-state index in [-0.39, 0.29) is 17.8 Å². The van der Waals surface area contributed by atoms with Gasteiger partial charge >= 0.3 is 0 Å². The van der Waals surface area contributed by atoms with Gasteiger partial charge in [-0.25, -0.2) is 4.90 Å². The summed E-state index contributed by atoms with van der Waals surface area (Å²) in [5, 5.41) is 0.161. The fourth-order valence-corrected chi connectivity index (χ4v) is 4.26. The smallest absolute Gasteiger partial charge is 0.298 e. The van der Waals surface area contributed by atoms with Crippen molar-refractivity contribution in [2.45, 2.75) is 0 Å². The summed E-state index contributed by atoms with van der Waals surface area (Å²) < 4.78 is 11.7. The van der Waals surface area contributed by atoms with Gasteiger partial charge in [0, 0.05) is 5.02 Å². The van der Waals surface area contributed by atoms with Gasteiger partial charge in [-0.2, -0.15) is 0 Å². The van der Waals surface area contributed by atoms with Crippen LogP contribution in [0.4, 0.5) is 10.5 Å². The van der Waals surface area contributed by atoms with E-state index in [2.05, 4.69) is 28.5 Å². The molecule has 5 nitrogen and oxygen atoms in total. The van der Waals surface area contributed by atoms with Gasteiger partial charge in [0.2, 0.25) is 0 Å². The van der Waals surface area contributed by atoms with Gasteiger partial charge in [0.15, 0.2) is 11.5 Å². The molecule has 8 heteroatoms. The van der Waals surface area contributed by atoms with Crippen LogP contribution in [0, 0.1) is 15.9 Å². The van der Waals surface area contributed by atoms with Crippen molar-refractivity contribution in [2.24, 2.45) is 0 Å². The number of amides is 2. The van der Waals surface area contributed by atoms with Crippen LogP contribution in [-0.4, -0.2) is 24.9 Å². The Morgan fingerprint density at radius 3 is 2.64 bits per heavy atom. The number of hydrogen-bond acceptors (Lipinski definition) is 5. The summed E-state index contributed by atoms with van der Waals surface area (Å²) in [7, 11) is 1.52. The molecule has 1 aliphatic rings. The second-order valence-electron chi connectivity index (χ2n) is 5.52. The number of halogens is 2. The number of carbonyl (C=O) groups excluding carboxylic acids is 2. The molecular formula is C20H13ClINO4S. The first-order valence-corrected chi connectivity index (χ1v) is 10.2. The lowest BCUT2D eigenvalue weighted by atomic mass is 10.1. The summed E-state index contributed by atoms with van der Waals surface area (Å²) in [5.41, 5.74) is 1.18. The predicted molar refractivity (Wildman–Crippen MR) is 120 cm³/mol. The highest BCUT2D eigenvalue weighted by molar-refractivity contribution is 14.1. The van der Waals surface area contributed by atoms with Crippen molar-refractivity contribution in [1.29, 1.82) is 0 Å². The maximum absolute atomic E-state index is 12.8. The summed E-state index contributed by atoms with van der Waals surface area (Å²) in [5.74, 6) is 3.05. The number of hydrogen-bond donors (Lipinski definition) is 0. The van der Waals surface area contributed by atoms with Crippen LogP contribution in [0.25, 0.3) is 6.08 Å². The summed E-state index contributed by atoms with van der Waals surface area (Å²) >= 11 is 8.86. The molecule has 1 aliphatic heterocycles. The van der Waals surface area contributed by atoms with E-state index in [1.807, 2.05) is 6.07 Å². The topological polar surface area (TPSA) is 55.8 Å². The highest BCUT2D eigenvalue weighted by Crippen LogP contribution is 2.38. The zero-order valence-electron chi connectivity index (χ0n) is 14.6. The molecule has 0 unspecified atom stereocenters. The lowest BCUT2D eigenvalue weighted by Crippen LogP contribution is -2.27. The van der Waals surface area contributed by atoms with E-state index in [9.17, 15) is 9.59 Å². The zero-order valence-corrected chi connectivity index (χ0v) is 18.3. The van der Waals surface area contributed by atoms with Crippen LogP contribution < -0.4 is 14.4 Å².